The molecule has 8 nitrogen and oxygen atoms in total. The molecule has 2 aromatic heterocycles. The average Bonchev–Trinajstić information content (AvgIpc) is 3.21. The molecule has 36 heavy (non-hydrogen) atoms. The first-order valence-electron chi connectivity index (χ1n) is 10.8. The first-order valence-corrected chi connectivity index (χ1v) is 15.3. The minimum Gasteiger partial charge on any atom is -0.494 e. The van der Waals surface area contributed by atoms with Crippen LogP contribution >= 0.6 is 54.2 Å². The zero-order chi connectivity index (χ0) is 26.2. The summed E-state index contributed by atoms with van der Waals surface area (Å²) in [7, 11) is 0.935. The number of hydrogen-bond acceptors (Lipinski definition) is 7. The first-order chi connectivity index (χ1) is 17.2. The topological polar surface area (TPSA) is 104 Å². The number of methoxy groups -OCH3 is 1. The van der Waals surface area contributed by atoms with Gasteiger partial charge in [0.25, 0.3) is 11.8 Å². The fourth-order valence-electron chi connectivity index (χ4n) is 3.13. The molecule has 0 saturated heterocycles. The van der Waals surface area contributed by atoms with Crippen molar-refractivity contribution >= 4 is 77.5 Å². The SMILES string of the molecule is COc1cc(Cl)cc(C(=O)Nc2ccc(Cl)cn2)c1NC(=O)c1scc(CNCCN[PH+](C)C)c1Cl. The lowest BCUT2D eigenvalue weighted by molar-refractivity contribution is 0.102. The summed E-state index contributed by atoms with van der Waals surface area (Å²) in [6, 6.07) is 6.09. The van der Waals surface area contributed by atoms with E-state index >= 15 is 0 Å². The highest BCUT2D eigenvalue weighted by Gasteiger charge is 2.23. The normalized spacial score (nSPS) is 11.0. The molecule has 2 amide bonds. The van der Waals surface area contributed by atoms with E-state index in [9.17, 15) is 9.59 Å². The van der Waals surface area contributed by atoms with E-state index in [1.807, 2.05) is 5.38 Å². The summed E-state index contributed by atoms with van der Waals surface area (Å²) < 4.78 is 5.39. The van der Waals surface area contributed by atoms with Gasteiger partial charge in [-0.2, -0.15) is 5.09 Å². The number of benzene rings is 1. The van der Waals surface area contributed by atoms with Gasteiger partial charge in [-0.15, -0.1) is 11.3 Å². The molecule has 0 fully saturated rings. The van der Waals surface area contributed by atoms with Crippen molar-refractivity contribution in [3.63, 3.8) is 0 Å². The minimum absolute atomic E-state index is 0.0966. The van der Waals surface area contributed by atoms with E-state index in [4.69, 9.17) is 39.5 Å². The van der Waals surface area contributed by atoms with Gasteiger partial charge in [0.2, 0.25) is 0 Å². The number of thiophene rings is 1. The summed E-state index contributed by atoms with van der Waals surface area (Å²) in [4.78, 5) is 30.6. The smallest absolute Gasteiger partial charge is 0.267 e. The highest BCUT2D eigenvalue weighted by molar-refractivity contribution is 7.53. The number of halogens is 3. The third-order valence-corrected chi connectivity index (χ3v) is 7.81. The Hall–Kier alpha value is -1.97. The van der Waals surface area contributed by atoms with Crippen LogP contribution in [0.2, 0.25) is 15.1 Å². The second-order valence-corrected chi connectivity index (χ2v) is 12.3. The number of carbonyl (C=O) groups excluding carboxylic acids is 2. The van der Waals surface area contributed by atoms with Crippen LogP contribution in [-0.4, -0.2) is 50.3 Å². The highest BCUT2D eigenvalue weighted by atomic mass is 35.5. The standard InChI is InChI=1S/C23H25Cl3N5O3PS/c1-34-17-9-15(25)8-16(22(32)30-18-5-4-14(24)11-28-18)20(17)31-23(33)21-19(26)13(12-36-21)10-27-6-7-29-35(2)3/h4-5,8-9,11-12,27,29H,6-7,10H2,1-3H3,(H,31,33)(H,28,30,32)/p+1. The van der Waals surface area contributed by atoms with Crippen LogP contribution in [-0.2, 0) is 6.54 Å². The molecule has 0 radical (unpaired) electrons. The van der Waals surface area contributed by atoms with Crippen LogP contribution in [0.25, 0.3) is 0 Å². The van der Waals surface area contributed by atoms with Crippen molar-refractivity contribution in [1.82, 2.24) is 15.4 Å². The number of hydrogen-bond donors (Lipinski definition) is 4. The Kier molecular flexibility index (Phi) is 10.8. The Morgan fingerprint density at radius 2 is 1.83 bits per heavy atom. The number of nitrogens with one attached hydrogen (secondary N) is 4. The predicted molar refractivity (Wildman–Crippen MR) is 152 cm³/mol. The van der Waals surface area contributed by atoms with Gasteiger partial charge in [0, 0.05) is 36.9 Å². The number of rotatable bonds is 11. The van der Waals surface area contributed by atoms with E-state index in [2.05, 4.69) is 39.4 Å². The number of pyridine rings is 1. The number of amides is 2. The molecule has 3 aromatic rings. The molecule has 4 N–H and O–H groups in total. The zero-order valence-electron chi connectivity index (χ0n) is 19.8. The molecule has 0 atom stereocenters. The molecule has 2 heterocycles. The van der Waals surface area contributed by atoms with Gasteiger partial charge in [0.1, 0.15) is 16.4 Å². The molecular weight excluding hydrogens is 564 g/mol. The molecular formula is C23H26Cl3N5O3PS+. The van der Waals surface area contributed by atoms with Crippen LogP contribution in [0.5, 0.6) is 5.75 Å². The van der Waals surface area contributed by atoms with Crippen molar-refractivity contribution in [3.8, 4) is 5.75 Å². The maximum Gasteiger partial charge on any atom is 0.267 e. The number of aromatic nitrogens is 1. The summed E-state index contributed by atoms with van der Waals surface area (Å²) in [5, 5.41) is 15.1. The Morgan fingerprint density at radius 3 is 2.50 bits per heavy atom. The van der Waals surface area contributed by atoms with Gasteiger partial charge in [0.05, 0.1) is 49.8 Å². The molecule has 0 spiro atoms. The molecule has 0 bridgehead atoms. The lowest BCUT2D eigenvalue weighted by Crippen LogP contribution is -2.24. The van der Waals surface area contributed by atoms with Crippen LogP contribution in [0, 0.1) is 0 Å². The second kappa shape index (κ2) is 13.5. The molecule has 3 rings (SSSR count). The van der Waals surface area contributed by atoms with Crippen LogP contribution in [0.4, 0.5) is 11.5 Å². The molecule has 0 aliphatic heterocycles. The zero-order valence-corrected chi connectivity index (χ0v) is 23.9. The summed E-state index contributed by atoms with van der Waals surface area (Å²) in [5.41, 5.74) is 1.07. The Labute approximate surface area is 229 Å². The third-order valence-electron chi connectivity index (χ3n) is 4.84. The lowest BCUT2D eigenvalue weighted by Gasteiger charge is -2.15. The summed E-state index contributed by atoms with van der Waals surface area (Å²) in [6.45, 7) is 6.55. The van der Waals surface area contributed by atoms with Crippen molar-refractivity contribution in [2.75, 3.05) is 44.2 Å². The molecule has 0 unspecified atom stereocenters. The van der Waals surface area contributed by atoms with Gasteiger partial charge in [0.15, 0.2) is 0 Å². The molecule has 0 aliphatic rings. The summed E-state index contributed by atoms with van der Waals surface area (Å²) >= 11 is 19.8. The molecule has 0 aliphatic carbocycles. The van der Waals surface area contributed by atoms with Crippen LogP contribution in [0.15, 0.2) is 35.8 Å². The summed E-state index contributed by atoms with van der Waals surface area (Å²) in [6.07, 6.45) is 1.41. The first kappa shape index (κ1) is 28.6. The molecule has 1 aromatic carbocycles. The maximum absolute atomic E-state index is 13.2. The van der Waals surface area contributed by atoms with E-state index in [0.717, 1.165) is 18.7 Å². The maximum atomic E-state index is 13.2. The van der Waals surface area contributed by atoms with E-state index in [-0.39, 0.29) is 27.8 Å². The lowest BCUT2D eigenvalue weighted by atomic mass is 10.1. The Balaban J connectivity index is 1.78. The summed E-state index contributed by atoms with van der Waals surface area (Å²) in [5.74, 6) is -0.508. The van der Waals surface area contributed by atoms with Gasteiger partial charge in [-0.25, -0.2) is 4.98 Å². The fourth-order valence-corrected chi connectivity index (χ4v) is 5.33. The van der Waals surface area contributed by atoms with Gasteiger partial charge in [-0.3, -0.25) is 9.59 Å². The van der Waals surface area contributed by atoms with E-state index in [1.54, 1.807) is 12.1 Å². The van der Waals surface area contributed by atoms with Crippen molar-refractivity contribution in [1.29, 1.82) is 0 Å². The van der Waals surface area contributed by atoms with Crippen molar-refractivity contribution in [2.45, 2.75) is 6.54 Å². The van der Waals surface area contributed by atoms with E-state index in [1.165, 1.54) is 36.8 Å². The van der Waals surface area contributed by atoms with Crippen LogP contribution < -0.4 is 25.8 Å². The fraction of sp³-hybridized carbons (Fsp3) is 0.261. The van der Waals surface area contributed by atoms with Gasteiger partial charge in [-0.1, -0.05) is 34.8 Å². The monoisotopic (exact) mass is 588 g/mol. The number of nitrogens with zero attached hydrogens (tertiary/aromatic N) is 1. The van der Waals surface area contributed by atoms with Crippen LogP contribution in [0.3, 0.4) is 0 Å². The Morgan fingerprint density at radius 1 is 1.06 bits per heavy atom. The minimum atomic E-state index is -0.541. The van der Waals surface area contributed by atoms with Crippen molar-refractivity contribution in [3.05, 3.63) is 66.9 Å². The van der Waals surface area contributed by atoms with Gasteiger partial charge in [-0.05, 0) is 29.1 Å². The third kappa shape index (κ3) is 7.76. The number of carbonyl (C=O) groups is 2. The Bertz CT molecular complexity index is 1220. The average molecular weight is 590 g/mol. The van der Waals surface area contributed by atoms with Gasteiger partial charge < -0.3 is 20.7 Å². The van der Waals surface area contributed by atoms with Crippen molar-refractivity contribution < 1.29 is 14.3 Å². The number of anilines is 2. The molecule has 0 saturated carbocycles. The van der Waals surface area contributed by atoms with Crippen molar-refractivity contribution in [2.24, 2.45) is 0 Å². The predicted octanol–water partition coefficient (Wildman–Crippen LogP) is 5.68. The quantitative estimate of drug-likeness (QED) is 0.169. The van der Waals surface area contributed by atoms with Gasteiger partial charge >= 0.3 is 0 Å². The largest absolute Gasteiger partial charge is 0.494 e. The highest BCUT2D eigenvalue weighted by Crippen LogP contribution is 2.35. The number of ether oxygens (including phenoxy) is 1. The van der Waals surface area contributed by atoms with E-state index in [0.29, 0.717) is 21.5 Å². The van der Waals surface area contributed by atoms with E-state index < -0.39 is 19.9 Å². The van der Waals surface area contributed by atoms with Crippen LogP contribution in [0.1, 0.15) is 25.6 Å². The molecule has 13 heteroatoms. The second-order valence-electron chi connectivity index (χ2n) is 7.81. The molecule has 192 valence electrons.